The maximum Gasteiger partial charge on any atom is 0.263 e. The summed E-state index contributed by atoms with van der Waals surface area (Å²) in [5.41, 5.74) is 6.23. The second-order valence-corrected chi connectivity index (χ2v) is 8.94. The molecule has 2 aromatic carbocycles. The second kappa shape index (κ2) is 7.64. The SMILES string of the molecule is CC(C)=Cc1cc(NS(=O)(=O)c2ccccc2)nn1-c1c(C)cc(C)cc1C. The molecule has 0 spiro atoms. The molecular formula is C22H25N3O2S. The number of rotatable bonds is 5. The Hall–Kier alpha value is -2.86. The maximum atomic E-state index is 12.7. The van der Waals surface area contributed by atoms with Gasteiger partial charge in [0, 0.05) is 6.07 Å². The molecule has 0 atom stereocenters. The molecule has 28 heavy (non-hydrogen) atoms. The van der Waals surface area contributed by atoms with Gasteiger partial charge in [-0.15, -0.1) is 5.10 Å². The van der Waals surface area contributed by atoms with Crippen LogP contribution in [0.2, 0.25) is 0 Å². The van der Waals surface area contributed by atoms with Gasteiger partial charge in [0.2, 0.25) is 0 Å². The van der Waals surface area contributed by atoms with Crippen molar-refractivity contribution in [2.75, 3.05) is 4.72 Å². The number of anilines is 1. The van der Waals surface area contributed by atoms with E-state index in [1.54, 1.807) is 41.1 Å². The van der Waals surface area contributed by atoms with Crippen molar-refractivity contribution in [2.45, 2.75) is 39.5 Å². The fourth-order valence-electron chi connectivity index (χ4n) is 3.33. The first-order chi connectivity index (χ1) is 13.2. The van der Waals surface area contributed by atoms with Gasteiger partial charge >= 0.3 is 0 Å². The summed E-state index contributed by atoms with van der Waals surface area (Å²) in [7, 11) is -3.70. The van der Waals surface area contributed by atoms with Crippen molar-refractivity contribution in [1.82, 2.24) is 9.78 Å². The lowest BCUT2D eigenvalue weighted by atomic mass is 10.0. The highest BCUT2D eigenvalue weighted by molar-refractivity contribution is 7.92. The topological polar surface area (TPSA) is 64.0 Å². The number of hydrogen-bond acceptors (Lipinski definition) is 3. The molecule has 3 aromatic rings. The third kappa shape index (κ3) is 4.17. The van der Waals surface area contributed by atoms with Gasteiger partial charge in [-0.1, -0.05) is 41.5 Å². The molecule has 0 aliphatic heterocycles. The van der Waals surface area contributed by atoms with Crippen molar-refractivity contribution < 1.29 is 8.42 Å². The van der Waals surface area contributed by atoms with E-state index in [1.807, 2.05) is 33.8 Å². The maximum absolute atomic E-state index is 12.7. The largest absolute Gasteiger partial charge is 0.263 e. The Balaban J connectivity index is 2.11. The van der Waals surface area contributed by atoms with Crippen LogP contribution in [0.5, 0.6) is 0 Å². The number of sulfonamides is 1. The van der Waals surface area contributed by atoms with Crippen LogP contribution in [0.25, 0.3) is 11.8 Å². The minimum atomic E-state index is -3.70. The Labute approximate surface area is 166 Å². The normalized spacial score (nSPS) is 11.3. The minimum Gasteiger partial charge on any atom is -0.262 e. The number of hydrogen-bond donors (Lipinski definition) is 1. The van der Waals surface area contributed by atoms with Crippen molar-refractivity contribution in [3.63, 3.8) is 0 Å². The van der Waals surface area contributed by atoms with E-state index in [-0.39, 0.29) is 10.7 Å². The molecule has 0 unspecified atom stereocenters. The van der Waals surface area contributed by atoms with Crippen LogP contribution < -0.4 is 4.72 Å². The monoisotopic (exact) mass is 395 g/mol. The summed E-state index contributed by atoms with van der Waals surface area (Å²) in [4.78, 5) is 0.205. The number of benzene rings is 2. The summed E-state index contributed by atoms with van der Waals surface area (Å²) in [6, 6.07) is 14.3. The lowest BCUT2D eigenvalue weighted by Gasteiger charge is -2.13. The first kappa shape index (κ1) is 19.9. The van der Waals surface area contributed by atoms with Crippen molar-refractivity contribution in [1.29, 1.82) is 0 Å². The van der Waals surface area contributed by atoms with E-state index in [0.717, 1.165) is 28.1 Å². The van der Waals surface area contributed by atoms with Crippen LogP contribution in [0, 0.1) is 20.8 Å². The average Bonchev–Trinajstić information content (AvgIpc) is 2.95. The van der Waals surface area contributed by atoms with Gasteiger partial charge < -0.3 is 0 Å². The molecule has 1 N–H and O–H groups in total. The molecule has 0 saturated heterocycles. The Morgan fingerprint density at radius 2 is 1.61 bits per heavy atom. The van der Waals surface area contributed by atoms with E-state index in [2.05, 4.69) is 28.9 Å². The molecule has 0 bridgehead atoms. The van der Waals surface area contributed by atoms with Crippen molar-refractivity contribution in [2.24, 2.45) is 0 Å². The third-order valence-electron chi connectivity index (χ3n) is 4.31. The molecule has 0 aliphatic rings. The molecule has 3 rings (SSSR count). The first-order valence-corrected chi connectivity index (χ1v) is 10.6. The summed E-state index contributed by atoms with van der Waals surface area (Å²) in [5.74, 6) is 0.288. The van der Waals surface area contributed by atoms with Crippen LogP contribution in [0.1, 0.15) is 36.2 Å². The molecule has 5 nitrogen and oxygen atoms in total. The predicted molar refractivity (Wildman–Crippen MR) is 114 cm³/mol. The van der Waals surface area contributed by atoms with E-state index < -0.39 is 10.0 Å². The molecule has 6 heteroatoms. The van der Waals surface area contributed by atoms with Crippen LogP contribution >= 0.6 is 0 Å². The van der Waals surface area contributed by atoms with E-state index in [4.69, 9.17) is 0 Å². The summed E-state index contributed by atoms with van der Waals surface area (Å²) in [6.45, 7) is 10.1. The summed E-state index contributed by atoms with van der Waals surface area (Å²) in [6.07, 6.45) is 1.99. The van der Waals surface area contributed by atoms with E-state index in [9.17, 15) is 8.42 Å². The molecule has 0 saturated carbocycles. The highest BCUT2D eigenvalue weighted by Crippen LogP contribution is 2.26. The van der Waals surface area contributed by atoms with E-state index >= 15 is 0 Å². The van der Waals surface area contributed by atoms with Gasteiger partial charge in [-0.25, -0.2) is 13.1 Å². The van der Waals surface area contributed by atoms with Gasteiger partial charge in [0.05, 0.1) is 16.3 Å². The minimum absolute atomic E-state index is 0.205. The van der Waals surface area contributed by atoms with E-state index in [0.29, 0.717) is 0 Å². The Bertz CT molecular complexity index is 1120. The van der Waals surface area contributed by atoms with Gasteiger partial charge in [-0.2, -0.15) is 0 Å². The average molecular weight is 396 g/mol. The second-order valence-electron chi connectivity index (χ2n) is 7.25. The molecule has 0 fully saturated rings. The van der Waals surface area contributed by atoms with Crippen LogP contribution in [0.15, 0.2) is 59.0 Å². The standard InChI is InChI=1S/C22H25N3O2S/c1-15(2)11-19-14-21(24-28(26,27)20-9-7-6-8-10-20)23-25(19)22-17(4)12-16(3)13-18(22)5/h6-14H,1-5H3,(H,23,24). The highest BCUT2D eigenvalue weighted by atomic mass is 32.2. The van der Waals surface area contributed by atoms with Gasteiger partial charge in [-0.05, 0) is 64.0 Å². The molecule has 146 valence electrons. The molecule has 1 aromatic heterocycles. The highest BCUT2D eigenvalue weighted by Gasteiger charge is 2.18. The summed E-state index contributed by atoms with van der Waals surface area (Å²) >= 11 is 0. The summed E-state index contributed by atoms with van der Waals surface area (Å²) < 4.78 is 29.8. The molecular weight excluding hydrogens is 370 g/mol. The number of nitrogens with one attached hydrogen (secondary N) is 1. The number of allylic oxidation sites excluding steroid dienone is 1. The fraction of sp³-hybridized carbons (Fsp3) is 0.227. The Kier molecular flexibility index (Phi) is 5.42. The van der Waals surface area contributed by atoms with Crippen LogP contribution in [0.4, 0.5) is 5.82 Å². The quantitative estimate of drug-likeness (QED) is 0.660. The molecule has 0 aliphatic carbocycles. The Morgan fingerprint density at radius 3 is 2.18 bits per heavy atom. The zero-order valence-corrected chi connectivity index (χ0v) is 17.6. The molecule has 0 radical (unpaired) electrons. The van der Waals surface area contributed by atoms with Crippen molar-refractivity contribution >= 4 is 21.9 Å². The van der Waals surface area contributed by atoms with Crippen LogP contribution in [-0.2, 0) is 10.0 Å². The van der Waals surface area contributed by atoms with Crippen molar-refractivity contribution in [3.05, 3.63) is 76.5 Å². The molecule has 0 amide bonds. The van der Waals surface area contributed by atoms with E-state index in [1.165, 1.54) is 5.56 Å². The van der Waals surface area contributed by atoms with Crippen LogP contribution in [-0.4, -0.2) is 18.2 Å². The first-order valence-electron chi connectivity index (χ1n) is 9.08. The van der Waals surface area contributed by atoms with Gasteiger partial charge in [-0.3, -0.25) is 4.72 Å². The lowest BCUT2D eigenvalue weighted by molar-refractivity contribution is 0.601. The van der Waals surface area contributed by atoms with Gasteiger partial charge in [0.1, 0.15) is 0 Å². The lowest BCUT2D eigenvalue weighted by Crippen LogP contribution is -2.13. The number of nitrogens with zero attached hydrogens (tertiary/aromatic N) is 2. The zero-order valence-electron chi connectivity index (χ0n) is 16.8. The van der Waals surface area contributed by atoms with Gasteiger partial charge in [0.25, 0.3) is 10.0 Å². The van der Waals surface area contributed by atoms with Crippen LogP contribution in [0.3, 0.4) is 0 Å². The Morgan fingerprint density at radius 1 is 1.00 bits per heavy atom. The predicted octanol–water partition coefficient (Wildman–Crippen LogP) is 5.02. The number of aromatic nitrogens is 2. The molecule has 1 heterocycles. The zero-order chi connectivity index (χ0) is 20.5. The number of aryl methyl sites for hydroxylation is 3. The van der Waals surface area contributed by atoms with Gasteiger partial charge in [0.15, 0.2) is 5.82 Å². The third-order valence-corrected chi connectivity index (χ3v) is 5.68. The fourth-order valence-corrected chi connectivity index (χ4v) is 4.33. The van der Waals surface area contributed by atoms with Crippen molar-refractivity contribution in [3.8, 4) is 5.69 Å². The summed E-state index contributed by atoms with van der Waals surface area (Å²) in [5, 5.41) is 4.58. The smallest absolute Gasteiger partial charge is 0.262 e.